The summed E-state index contributed by atoms with van der Waals surface area (Å²) < 4.78 is 40.4. The molecule has 11 nitrogen and oxygen atoms in total. The molecule has 1 unspecified atom stereocenters. The highest BCUT2D eigenvalue weighted by Gasteiger charge is 2.38. The molecule has 36 heavy (non-hydrogen) atoms. The van der Waals surface area contributed by atoms with Crippen LogP contribution in [0.2, 0.25) is 0 Å². The first kappa shape index (κ1) is 25.8. The molecule has 2 aromatic rings. The van der Waals surface area contributed by atoms with E-state index in [-0.39, 0.29) is 40.3 Å². The quantitative estimate of drug-likeness (QED) is 0.510. The van der Waals surface area contributed by atoms with Gasteiger partial charge < -0.3 is 25.4 Å². The van der Waals surface area contributed by atoms with Crippen molar-refractivity contribution in [2.24, 2.45) is 10.4 Å². The molecule has 2 aliphatic rings. The zero-order valence-electron chi connectivity index (χ0n) is 21.6. The van der Waals surface area contributed by atoms with Gasteiger partial charge in [0.1, 0.15) is 11.4 Å². The van der Waals surface area contributed by atoms with Crippen LogP contribution < -0.4 is 25.7 Å². The molecule has 1 atom stereocenters. The minimum absolute atomic E-state index is 0.0127. The lowest BCUT2D eigenvalue weighted by Crippen LogP contribution is -2.60. The summed E-state index contributed by atoms with van der Waals surface area (Å²) in [6, 6.07) is 2.68. The van der Waals surface area contributed by atoms with E-state index in [1.165, 1.54) is 36.4 Å². The fourth-order valence-electron chi connectivity index (χ4n) is 5.02. The largest absolute Gasteiger partial charge is 0.494 e. The highest BCUT2D eigenvalue weighted by atomic mass is 19.1. The van der Waals surface area contributed by atoms with Crippen molar-refractivity contribution in [1.29, 1.82) is 0 Å². The Morgan fingerprint density at radius 1 is 1.06 bits per heavy atom. The molecule has 0 radical (unpaired) electrons. The molecular weight excluding hydrogens is 472 g/mol. The molecule has 0 bridgehead atoms. The smallest absolute Gasteiger partial charge is 0.247 e. The topological polar surface area (TPSA) is 112 Å². The van der Waals surface area contributed by atoms with E-state index >= 15 is 0 Å². The molecule has 4 rings (SSSR count). The van der Waals surface area contributed by atoms with E-state index in [4.69, 9.17) is 9.47 Å². The normalized spacial score (nSPS) is 21.1. The van der Waals surface area contributed by atoms with Crippen molar-refractivity contribution >= 4 is 23.1 Å². The van der Waals surface area contributed by atoms with Crippen molar-refractivity contribution in [3.63, 3.8) is 0 Å². The summed E-state index contributed by atoms with van der Waals surface area (Å²) in [7, 11) is 4.62. The summed E-state index contributed by atoms with van der Waals surface area (Å²) >= 11 is 0. The molecule has 1 fully saturated rings. The number of piperidine rings is 1. The predicted molar refractivity (Wildman–Crippen MR) is 132 cm³/mol. The van der Waals surface area contributed by atoms with E-state index < -0.39 is 18.0 Å². The Bertz CT molecular complexity index is 1130. The van der Waals surface area contributed by atoms with Gasteiger partial charge in [0.15, 0.2) is 17.5 Å². The van der Waals surface area contributed by atoms with E-state index in [1.807, 2.05) is 0 Å². The number of ether oxygens (including phenoxy) is 2. The molecule has 0 amide bonds. The Kier molecular flexibility index (Phi) is 6.88. The number of nitrogens with zero attached hydrogens (tertiary/aromatic N) is 6. The van der Waals surface area contributed by atoms with Crippen LogP contribution in [-0.4, -0.2) is 59.7 Å². The van der Waals surface area contributed by atoms with Crippen LogP contribution in [0.4, 0.5) is 31.9 Å². The van der Waals surface area contributed by atoms with Crippen molar-refractivity contribution in [1.82, 2.24) is 20.3 Å². The van der Waals surface area contributed by atoms with Crippen molar-refractivity contribution in [3.8, 4) is 5.75 Å². The number of halogens is 2. The second-order valence-electron chi connectivity index (χ2n) is 10.3. The fraction of sp³-hybridized carbons (Fsp3) is 0.565. The lowest BCUT2D eigenvalue weighted by atomic mass is 9.79. The average Bonchev–Trinajstić information content (AvgIpc) is 3.15. The minimum atomic E-state index is -0.645. The van der Waals surface area contributed by atoms with E-state index in [0.29, 0.717) is 5.69 Å². The molecule has 0 saturated carbocycles. The van der Waals surface area contributed by atoms with Crippen molar-refractivity contribution < 1.29 is 18.3 Å². The Morgan fingerprint density at radius 2 is 1.75 bits per heavy atom. The molecule has 3 heterocycles. The van der Waals surface area contributed by atoms with Gasteiger partial charge in [-0.25, -0.2) is 18.8 Å². The van der Waals surface area contributed by atoms with Gasteiger partial charge in [0, 0.05) is 37.3 Å². The highest BCUT2D eigenvalue weighted by Crippen LogP contribution is 2.38. The molecule has 13 heteroatoms. The maximum Gasteiger partial charge on any atom is 0.247 e. The van der Waals surface area contributed by atoms with Gasteiger partial charge in [-0.15, -0.1) is 0 Å². The Labute approximate surface area is 209 Å². The van der Waals surface area contributed by atoms with Crippen LogP contribution in [0, 0.1) is 11.6 Å². The third kappa shape index (κ3) is 5.41. The zero-order valence-corrected chi connectivity index (χ0v) is 21.6. The first-order valence-electron chi connectivity index (χ1n) is 11.6. The zero-order chi connectivity index (χ0) is 26.3. The van der Waals surface area contributed by atoms with E-state index in [9.17, 15) is 8.78 Å². The first-order valence-corrected chi connectivity index (χ1v) is 11.6. The van der Waals surface area contributed by atoms with E-state index in [1.54, 1.807) is 7.05 Å². The lowest BCUT2D eigenvalue weighted by Gasteiger charge is -2.46. The lowest BCUT2D eigenvalue weighted by molar-refractivity contribution is 0.00167. The van der Waals surface area contributed by atoms with E-state index in [0.717, 1.165) is 19.0 Å². The van der Waals surface area contributed by atoms with Crippen LogP contribution >= 0.6 is 0 Å². The third-order valence-corrected chi connectivity index (χ3v) is 6.05. The van der Waals surface area contributed by atoms with Crippen LogP contribution in [0.5, 0.6) is 5.75 Å². The monoisotopic (exact) mass is 505 g/mol. The third-order valence-electron chi connectivity index (χ3n) is 6.05. The summed E-state index contributed by atoms with van der Waals surface area (Å²) in [6.45, 7) is 8.45. The molecule has 1 aromatic carbocycles. The summed E-state index contributed by atoms with van der Waals surface area (Å²) in [6.07, 6.45) is 1.97. The van der Waals surface area contributed by atoms with Crippen LogP contribution in [-0.2, 0) is 4.74 Å². The van der Waals surface area contributed by atoms with Gasteiger partial charge in [0.2, 0.25) is 12.3 Å². The fourth-order valence-corrected chi connectivity index (χ4v) is 5.02. The maximum atomic E-state index is 15.0. The number of anilines is 4. The minimum Gasteiger partial charge on any atom is -0.494 e. The molecule has 3 N–H and O–H groups in total. The molecule has 1 saturated heterocycles. The van der Waals surface area contributed by atoms with Crippen LogP contribution in [0.25, 0.3) is 0 Å². The number of hydrogen-bond acceptors (Lipinski definition) is 11. The molecular formula is C23H33F2N9O2. The second kappa shape index (κ2) is 9.62. The number of nitrogens with one attached hydrogen (secondary N) is 3. The molecule has 0 aliphatic carbocycles. The number of methoxy groups -OCH3 is 2. The van der Waals surface area contributed by atoms with Gasteiger partial charge in [-0.05, 0) is 57.0 Å². The van der Waals surface area contributed by atoms with Crippen LogP contribution in [0.3, 0.4) is 0 Å². The Morgan fingerprint density at radius 3 is 2.39 bits per heavy atom. The van der Waals surface area contributed by atoms with Gasteiger partial charge in [-0.3, -0.25) is 0 Å². The number of aromatic nitrogens is 2. The van der Waals surface area contributed by atoms with Gasteiger partial charge in [-0.2, -0.15) is 9.99 Å². The van der Waals surface area contributed by atoms with Gasteiger partial charge in [0.05, 0.1) is 19.0 Å². The number of rotatable bonds is 7. The van der Waals surface area contributed by atoms with Gasteiger partial charge in [-0.1, -0.05) is 0 Å². The number of benzene rings is 1. The standard InChI is InChI=1S/C23H33F2N9O2/c1-22(2)10-13(11-23(3,4)30-22)27-19-15(25)12-26-20(29-19)28-16-9-17(18(35-6)8-14(16)24)34-21(36-7)33(5)31-32-34/h8-9,12-13,21,30H,10-11H2,1-7H3,(H2,26,27,28,29). The second-order valence-corrected chi connectivity index (χ2v) is 10.3. The highest BCUT2D eigenvalue weighted by molar-refractivity contribution is 5.69. The summed E-state index contributed by atoms with van der Waals surface area (Å²) in [5.74, 6) is -0.889. The molecule has 1 aromatic heterocycles. The average molecular weight is 506 g/mol. The molecule has 196 valence electrons. The summed E-state index contributed by atoms with van der Waals surface area (Å²) in [4.78, 5) is 8.30. The molecule has 0 spiro atoms. The maximum absolute atomic E-state index is 15.0. The molecule has 2 aliphatic heterocycles. The summed E-state index contributed by atoms with van der Waals surface area (Å²) in [5, 5.41) is 20.6. The summed E-state index contributed by atoms with van der Waals surface area (Å²) in [5.41, 5.74) is 0.189. The van der Waals surface area contributed by atoms with Gasteiger partial charge >= 0.3 is 0 Å². The van der Waals surface area contributed by atoms with Gasteiger partial charge in [0.25, 0.3) is 0 Å². The van der Waals surface area contributed by atoms with E-state index in [2.05, 4.69) is 64.1 Å². The Balaban J connectivity index is 1.60. The first-order chi connectivity index (χ1) is 16.9. The van der Waals surface area contributed by atoms with Crippen molar-refractivity contribution in [2.75, 3.05) is 36.9 Å². The van der Waals surface area contributed by atoms with Crippen LogP contribution in [0.1, 0.15) is 40.5 Å². The van der Waals surface area contributed by atoms with Crippen molar-refractivity contribution in [2.45, 2.75) is 64.0 Å². The van der Waals surface area contributed by atoms with Crippen LogP contribution in [0.15, 0.2) is 28.8 Å². The predicted octanol–water partition coefficient (Wildman–Crippen LogP) is 4.19. The Hall–Kier alpha value is -3.32. The number of hydrogen-bond donors (Lipinski definition) is 3. The van der Waals surface area contributed by atoms with Crippen molar-refractivity contribution in [3.05, 3.63) is 30.0 Å². The SMILES string of the molecule is COc1cc(F)c(Nc2ncc(F)c(NC3CC(C)(C)NC(C)(C)C3)n2)cc1N1N=NN(C)C1OC.